The first-order chi connectivity index (χ1) is 22.5. The fourth-order valence-corrected chi connectivity index (χ4v) is 9.24. The summed E-state index contributed by atoms with van der Waals surface area (Å²) >= 11 is 0. The molecule has 0 bridgehead atoms. The van der Waals surface area contributed by atoms with Crippen molar-refractivity contribution in [3.05, 3.63) is 46.7 Å². The molecule has 4 aliphatic carbocycles. The first-order valence-corrected chi connectivity index (χ1v) is 16.3. The molecular weight excluding hydrogens is 628 g/mol. The van der Waals surface area contributed by atoms with Gasteiger partial charge >= 0.3 is 11.9 Å². The summed E-state index contributed by atoms with van der Waals surface area (Å²) in [6, 6.07) is 3.01. The van der Waals surface area contributed by atoms with Crippen molar-refractivity contribution in [2.45, 2.75) is 95.5 Å². The van der Waals surface area contributed by atoms with E-state index in [2.05, 4.69) is 12.2 Å². The Morgan fingerprint density at radius 1 is 1.12 bits per heavy atom. The molecule has 48 heavy (non-hydrogen) atoms. The molecule has 9 atom stereocenters. The molecule has 0 spiro atoms. The number of aliphatic hydroxyl groups is 3. The van der Waals surface area contributed by atoms with Crippen LogP contribution >= 0.6 is 0 Å². The Hall–Kier alpha value is -3.69. The van der Waals surface area contributed by atoms with E-state index in [0.29, 0.717) is 19.3 Å². The fourth-order valence-electron chi connectivity index (χ4n) is 9.24. The lowest BCUT2D eigenvalue weighted by molar-refractivity contribution is -0.184. The van der Waals surface area contributed by atoms with Crippen LogP contribution in [0.5, 0.6) is 0 Å². The van der Waals surface area contributed by atoms with E-state index in [9.17, 15) is 49.6 Å². The molecule has 1 aromatic carbocycles. The number of esters is 1. The Kier molecular flexibility index (Phi) is 9.88. The van der Waals surface area contributed by atoms with Crippen molar-refractivity contribution in [3.8, 4) is 0 Å². The van der Waals surface area contributed by atoms with Gasteiger partial charge in [-0.2, -0.15) is 0 Å². The molecule has 14 nitrogen and oxygen atoms in total. The van der Waals surface area contributed by atoms with Gasteiger partial charge < -0.3 is 40.9 Å². The minimum Gasteiger partial charge on any atom is -0.733 e. The van der Waals surface area contributed by atoms with Crippen molar-refractivity contribution in [1.82, 2.24) is 5.32 Å². The fraction of sp³-hybridized carbons (Fsp3) is 0.618. The van der Waals surface area contributed by atoms with E-state index in [-0.39, 0.29) is 53.0 Å². The van der Waals surface area contributed by atoms with Crippen molar-refractivity contribution >= 4 is 35.1 Å². The van der Waals surface area contributed by atoms with Crippen LogP contribution in [0.2, 0.25) is 0 Å². The average Bonchev–Trinajstić information content (AvgIpc) is 3.31. The first kappa shape index (κ1) is 35.6. The van der Waals surface area contributed by atoms with Gasteiger partial charge in [0.1, 0.15) is 11.7 Å². The highest BCUT2D eigenvalue weighted by Gasteiger charge is 2.68. The molecule has 2 unspecified atom stereocenters. The van der Waals surface area contributed by atoms with Gasteiger partial charge in [-0.25, -0.2) is 4.79 Å². The largest absolute Gasteiger partial charge is 0.733 e. The molecule has 14 heteroatoms. The van der Waals surface area contributed by atoms with Crippen LogP contribution in [0.4, 0.5) is 5.69 Å². The van der Waals surface area contributed by atoms with Crippen LogP contribution in [0, 0.1) is 33.8 Å². The average molecular weight is 672 g/mol. The second-order valence-electron chi connectivity index (χ2n) is 14.3. The van der Waals surface area contributed by atoms with Gasteiger partial charge in [0.05, 0.1) is 18.2 Å². The van der Waals surface area contributed by atoms with Gasteiger partial charge in [0, 0.05) is 18.3 Å². The Bertz CT molecular complexity index is 1510. The predicted octanol–water partition coefficient (Wildman–Crippen LogP) is 2.11. The quantitative estimate of drug-likeness (QED) is 0.146. The van der Waals surface area contributed by atoms with Gasteiger partial charge in [0.25, 0.3) is 0 Å². The summed E-state index contributed by atoms with van der Waals surface area (Å²) in [5.41, 5.74) is -2.40. The lowest BCUT2D eigenvalue weighted by Gasteiger charge is -2.60. The highest BCUT2D eigenvalue weighted by molar-refractivity contribution is 5.92. The van der Waals surface area contributed by atoms with Gasteiger partial charge in [-0.05, 0) is 85.5 Å². The second kappa shape index (κ2) is 13.3. The summed E-state index contributed by atoms with van der Waals surface area (Å²) in [4.78, 5) is 62.4. The molecule has 3 fully saturated rings. The van der Waals surface area contributed by atoms with Crippen molar-refractivity contribution in [2.75, 3.05) is 11.8 Å². The van der Waals surface area contributed by atoms with Crippen LogP contribution in [-0.2, 0) is 28.7 Å². The van der Waals surface area contributed by atoms with Crippen LogP contribution in [-0.4, -0.2) is 79.4 Å². The minimum absolute atomic E-state index is 0.0464. The van der Waals surface area contributed by atoms with Gasteiger partial charge in [-0.1, -0.05) is 31.6 Å². The number of Topliss-reactive ketones (excluding diaryl/α,β-unsaturated/α-hetero) is 1. The minimum atomic E-state index is -1.85. The van der Waals surface area contributed by atoms with E-state index in [1.54, 1.807) is 6.08 Å². The maximum Gasteiger partial charge on any atom is 0.329 e. The Balaban J connectivity index is 1.16. The third kappa shape index (κ3) is 6.27. The molecule has 0 aliphatic heterocycles. The number of hydrogen-bond donors (Lipinski definition) is 6. The summed E-state index contributed by atoms with van der Waals surface area (Å²) in [5.74, 6) is -4.14. The van der Waals surface area contributed by atoms with Gasteiger partial charge in [-0.15, -0.1) is 0 Å². The molecular formula is C34H43N2O12-. The van der Waals surface area contributed by atoms with Crippen LogP contribution in [0.15, 0.2) is 35.9 Å². The lowest BCUT2D eigenvalue weighted by Crippen LogP contribution is -2.62. The Labute approximate surface area is 277 Å². The number of fused-ring (bicyclic) bond motifs is 5. The maximum absolute atomic E-state index is 13.5. The van der Waals surface area contributed by atoms with E-state index < -0.39 is 77.6 Å². The second-order valence-corrected chi connectivity index (χ2v) is 14.3. The molecule has 1 amide bonds. The zero-order chi connectivity index (χ0) is 35.2. The van der Waals surface area contributed by atoms with E-state index in [1.807, 2.05) is 6.92 Å². The molecule has 1 aromatic rings. The Morgan fingerprint density at radius 3 is 2.54 bits per heavy atom. The number of hydrogen-bond acceptors (Lipinski definition) is 12. The number of aliphatic hydroxyl groups excluding tert-OH is 2. The zero-order valence-corrected chi connectivity index (χ0v) is 27.0. The molecule has 5 rings (SSSR count). The van der Waals surface area contributed by atoms with Crippen molar-refractivity contribution < 1.29 is 54.3 Å². The summed E-state index contributed by atoms with van der Waals surface area (Å²) in [6.45, 7) is 3.18. The number of nitrogens with zero attached hydrogens (tertiary/aromatic N) is 1. The summed E-state index contributed by atoms with van der Waals surface area (Å²) in [7, 11) is 0. The van der Waals surface area contributed by atoms with Crippen LogP contribution in [0.3, 0.4) is 0 Å². The normalized spacial score (nSPS) is 33.6. The number of carbonyl (C=O) groups is 5. The van der Waals surface area contributed by atoms with E-state index in [1.165, 1.54) is 18.2 Å². The molecule has 262 valence electrons. The van der Waals surface area contributed by atoms with Gasteiger partial charge in [-0.3, -0.25) is 24.4 Å². The first-order valence-electron chi connectivity index (χ1n) is 16.3. The van der Waals surface area contributed by atoms with Crippen molar-refractivity contribution in [1.29, 1.82) is 0 Å². The van der Waals surface area contributed by atoms with Crippen LogP contribution < -0.4 is 10.5 Å². The standard InChI is InChI=1S/C34H43N2O12/c1-32-12-10-21(37)15-19(32)6-7-22-23-11-13-34(45,33(23,2)16-24(38)28(22)32)25(39)17-48-27(41)9-8-26(40)35-29(31(43)44)30(42)18-4-3-5-20(14-18)36(46)47/h3-5,14-15,22-24,28-30,38,42,45-46H,6-13,16-17H2,1-2H3,(H,35,40)(H,43,44)/q-1/t22-,23-,24-,28+,29?,30?,32-,33-,34-/m0/s1. The third-order valence-electron chi connectivity index (χ3n) is 11.8. The number of amides is 1. The van der Waals surface area contributed by atoms with Crippen molar-refractivity contribution in [3.63, 3.8) is 0 Å². The Morgan fingerprint density at radius 2 is 1.85 bits per heavy atom. The number of carboxylic acids is 1. The molecule has 0 radical (unpaired) electrons. The van der Waals surface area contributed by atoms with Gasteiger partial charge in [0.2, 0.25) is 11.7 Å². The van der Waals surface area contributed by atoms with Crippen molar-refractivity contribution in [2.24, 2.45) is 28.6 Å². The smallest absolute Gasteiger partial charge is 0.329 e. The monoisotopic (exact) mass is 671 g/mol. The molecule has 3 saturated carbocycles. The SMILES string of the molecule is C[C@]12CCC(=O)C=C1CC[C@@H]1[C@@H]2[C@@H](O)C[C@@]2(C)[C@H]1CC[C@]2(O)C(=O)COC(=O)CCC(=O)NC(C(=O)O)C(O)c1cccc(N([O-])O)c1. The van der Waals surface area contributed by atoms with Crippen LogP contribution in [0.1, 0.15) is 83.3 Å². The van der Waals surface area contributed by atoms with E-state index >= 15 is 0 Å². The number of rotatable bonds is 11. The molecule has 0 heterocycles. The van der Waals surface area contributed by atoms with Crippen LogP contribution in [0.25, 0.3) is 0 Å². The predicted molar refractivity (Wildman–Crippen MR) is 167 cm³/mol. The number of ether oxygens (including phenoxy) is 1. The number of nitrogens with one attached hydrogen (secondary N) is 1. The third-order valence-corrected chi connectivity index (χ3v) is 11.8. The highest BCUT2D eigenvalue weighted by atomic mass is 16.8. The van der Waals surface area contributed by atoms with E-state index in [0.717, 1.165) is 24.5 Å². The number of anilines is 1. The number of ketones is 2. The number of allylic oxidation sites excluding steroid dienone is 1. The molecule has 0 saturated heterocycles. The zero-order valence-electron chi connectivity index (χ0n) is 27.0. The highest BCUT2D eigenvalue weighted by Crippen LogP contribution is 2.67. The lowest BCUT2D eigenvalue weighted by atomic mass is 9.45. The topological polar surface area (TPSA) is 234 Å². The number of aliphatic carboxylic acids is 1. The maximum atomic E-state index is 13.5. The van der Waals surface area contributed by atoms with E-state index in [4.69, 9.17) is 9.94 Å². The molecule has 4 aliphatic rings. The number of benzene rings is 1. The molecule has 6 N–H and O–H groups in total. The molecule has 0 aromatic heterocycles. The summed E-state index contributed by atoms with van der Waals surface area (Å²) < 4.78 is 5.14. The summed E-state index contributed by atoms with van der Waals surface area (Å²) in [5, 5.41) is 65.3. The number of carboxylic acid groups (broad SMARTS) is 1. The number of carbonyl (C=O) groups excluding carboxylic acids is 4. The summed E-state index contributed by atoms with van der Waals surface area (Å²) in [6.07, 6.45) is 1.53. The van der Waals surface area contributed by atoms with Gasteiger partial charge in [0.15, 0.2) is 18.4 Å².